The van der Waals surface area contributed by atoms with E-state index in [2.05, 4.69) is 4.98 Å². The molecule has 1 aliphatic carbocycles. The third-order valence-corrected chi connectivity index (χ3v) is 4.83. The van der Waals surface area contributed by atoms with Gasteiger partial charge in [0.25, 0.3) is 0 Å². The van der Waals surface area contributed by atoms with E-state index >= 15 is 0 Å². The summed E-state index contributed by atoms with van der Waals surface area (Å²) in [6.45, 7) is 0. The van der Waals surface area contributed by atoms with Gasteiger partial charge in [-0.3, -0.25) is 0 Å². The second-order valence-corrected chi connectivity index (χ2v) is 6.26. The summed E-state index contributed by atoms with van der Waals surface area (Å²) in [5, 5.41) is 10.8. The van der Waals surface area contributed by atoms with Crippen LogP contribution in [-0.2, 0) is 0 Å². The maximum atomic E-state index is 11.2. The average Bonchev–Trinajstić information content (AvgIpc) is 3.11. The standard InChI is InChI=1S/C13H9Cl2NO2S/c14-8-4-3-7(5-9(8)15)12-16-10(6-1-2-6)11(19-12)13(17)18/h3-6H,1-2H2,(H,17,18). The number of aromatic carboxylic acids is 1. The van der Waals surface area contributed by atoms with Crippen LogP contribution in [-0.4, -0.2) is 16.1 Å². The summed E-state index contributed by atoms with van der Waals surface area (Å²) in [4.78, 5) is 16.1. The third kappa shape index (κ3) is 2.48. The summed E-state index contributed by atoms with van der Waals surface area (Å²) in [6, 6.07) is 5.21. The minimum absolute atomic E-state index is 0.305. The lowest BCUT2D eigenvalue weighted by Crippen LogP contribution is -1.97. The van der Waals surface area contributed by atoms with Crippen LogP contribution in [0.2, 0.25) is 10.0 Å². The summed E-state index contributed by atoms with van der Waals surface area (Å²) in [5.41, 5.74) is 1.51. The van der Waals surface area contributed by atoms with Crippen molar-refractivity contribution in [3.05, 3.63) is 38.8 Å². The van der Waals surface area contributed by atoms with Gasteiger partial charge in [0.15, 0.2) is 0 Å². The van der Waals surface area contributed by atoms with E-state index in [1.807, 2.05) is 0 Å². The van der Waals surface area contributed by atoms with Gasteiger partial charge in [-0.2, -0.15) is 0 Å². The zero-order chi connectivity index (χ0) is 13.6. The number of carbonyl (C=O) groups is 1. The zero-order valence-electron chi connectivity index (χ0n) is 9.69. The topological polar surface area (TPSA) is 50.2 Å². The molecule has 19 heavy (non-hydrogen) atoms. The number of aromatic nitrogens is 1. The van der Waals surface area contributed by atoms with Gasteiger partial charge in [-0.15, -0.1) is 11.3 Å². The van der Waals surface area contributed by atoms with Crippen molar-refractivity contribution >= 4 is 40.5 Å². The summed E-state index contributed by atoms with van der Waals surface area (Å²) in [7, 11) is 0. The Hall–Kier alpha value is -1.10. The first-order valence-electron chi connectivity index (χ1n) is 5.75. The number of nitrogens with zero attached hydrogens (tertiary/aromatic N) is 1. The molecule has 6 heteroatoms. The Balaban J connectivity index is 2.07. The fraction of sp³-hybridized carbons (Fsp3) is 0.231. The number of hydrogen-bond acceptors (Lipinski definition) is 3. The Kier molecular flexibility index (Phi) is 3.25. The number of rotatable bonds is 3. The minimum atomic E-state index is -0.911. The molecule has 3 rings (SSSR count). The first-order valence-corrected chi connectivity index (χ1v) is 7.33. The van der Waals surface area contributed by atoms with Crippen molar-refractivity contribution in [2.75, 3.05) is 0 Å². The molecule has 0 unspecified atom stereocenters. The normalized spacial score (nSPS) is 14.6. The lowest BCUT2D eigenvalue weighted by Gasteiger charge is -1.98. The zero-order valence-corrected chi connectivity index (χ0v) is 12.0. The van der Waals surface area contributed by atoms with Gasteiger partial charge in [0.2, 0.25) is 0 Å². The first-order chi connectivity index (χ1) is 9.06. The van der Waals surface area contributed by atoms with E-state index in [1.54, 1.807) is 18.2 Å². The van der Waals surface area contributed by atoms with Gasteiger partial charge in [-0.05, 0) is 25.0 Å². The Labute approximate surface area is 123 Å². The molecule has 1 N–H and O–H groups in total. The average molecular weight is 314 g/mol. The fourth-order valence-corrected chi connectivity index (χ4v) is 3.16. The van der Waals surface area contributed by atoms with Gasteiger partial charge in [0.1, 0.15) is 9.88 Å². The summed E-state index contributed by atoms with van der Waals surface area (Å²) < 4.78 is 0. The quantitative estimate of drug-likeness (QED) is 0.894. The van der Waals surface area contributed by atoms with Gasteiger partial charge in [0, 0.05) is 11.5 Å². The maximum absolute atomic E-state index is 11.2. The van der Waals surface area contributed by atoms with Crippen LogP contribution in [0.3, 0.4) is 0 Å². The van der Waals surface area contributed by atoms with Crippen molar-refractivity contribution in [3.8, 4) is 10.6 Å². The van der Waals surface area contributed by atoms with Crippen molar-refractivity contribution in [1.29, 1.82) is 0 Å². The number of hydrogen-bond donors (Lipinski definition) is 1. The number of benzene rings is 1. The van der Waals surface area contributed by atoms with Crippen molar-refractivity contribution in [2.24, 2.45) is 0 Å². The molecule has 0 radical (unpaired) electrons. The van der Waals surface area contributed by atoms with Crippen LogP contribution in [0.25, 0.3) is 10.6 Å². The molecule has 1 aliphatic rings. The molecule has 3 nitrogen and oxygen atoms in total. The highest BCUT2D eigenvalue weighted by molar-refractivity contribution is 7.17. The van der Waals surface area contributed by atoms with Crippen LogP contribution in [0.4, 0.5) is 0 Å². The van der Waals surface area contributed by atoms with Crippen LogP contribution in [0.15, 0.2) is 18.2 Å². The highest BCUT2D eigenvalue weighted by atomic mass is 35.5. The molecule has 1 aromatic heterocycles. The molecule has 0 spiro atoms. The highest BCUT2D eigenvalue weighted by Gasteiger charge is 2.32. The van der Waals surface area contributed by atoms with E-state index in [0.717, 1.165) is 18.4 Å². The second-order valence-electron chi connectivity index (χ2n) is 4.44. The van der Waals surface area contributed by atoms with E-state index in [0.29, 0.717) is 31.5 Å². The van der Waals surface area contributed by atoms with Gasteiger partial charge >= 0.3 is 5.97 Å². The minimum Gasteiger partial charge on any atom is -0.477 e. The number of carboxylic acids is 1. The van der Waals surface area contributed by atoms with Gasteiger partial charge in [0.05, 0.1) is 15.7 Å². The monoisotopic (exact) mass is 313 g/mol. The van der Waals surface area contributed by atoms with Crippen LogP contribution in [0.1, 0.15) is 34.1 Å². The van der Waals surface area contributed by atoms with E-state index < -0.39 is 5.97 Å². The molecule has 0 bridgehead atoms. The molecule has 1 saturated carbocycles. The van der Waals surface area contributed by atoms with Crippen molar-refractivity contribution in [1.82, 2.24) is 4.98 Å². The fourth-order valence-electron chi connectivity index (χ4n) is 1.87. The van der Waals surface area contributed by atoms with Crippen molar-refractivity contribution in [2.45, 2.75) is 18.8 Å². The number of carboxylic acid groups (broad SMARTS) is 1. The molecule has 0 saturated heterocycles. The van der Waals surface area contributed by atoms with Crippen LogP contribution < -0.4 is 0 Å². The molecule has 1 heterocycles. The first kappa shape index (κ1) is 12.9. The second kappa shape index (κ2) is 4.78. The maximum Gasteiger partial charge on any atom is 0.347 e. The molecule has 2 aromatic rings. The Morgan fingerprint density at radius 1 is 1.32 bits per heavy atom. The summed E-state index contributed by atoms with van der Waals surface area (Å²) >= 11 is 13.0. The largest absolute Gasteiger partial charge is 0.477 e. The van der Waals surface area contributed by atoms with Crippen molar-refractivity contribution in [3.63, 3.8) is 0 Å². The highest BCUT2D eigenvalue weighted by Crippen LogP contribution is 2.44. The molecule has 1 fully saturated rings. The van der Waals surface area contributed by atoms with Crippen LogP contribution in [0.5, 0.6) is 0 Å². The summed E-state index contributed by atoms with van der Waals surface area (Å²) in [6.07, 6.45) is 2.04. The van der Waals surface area contributed by atoms with Gasteiger partial charge in [-0.1, -0.05) is 29.3 Å². The number of thiazole rings is 1. The Bertz CT molecular complexity index is 665. The molecule has 0 atom stereocenters. The molecule has 0 amide bonds. The molecular formula is C13H9Cl2NO2S. The molecule has 98 valence electrons. The van der Waals surface area contributed by atoms with Gasteiger partial charge in [-0.25, -0.2) is 9.78 Å². The summed E-state index contributed by atoms with van der Waals surface area (Å²) in [5.74, 6) is -0.607. The predicted octanol–water partition coefficient (Wildman–Crippen LogP) is 4.69. The third-order valence-electron chi connectivity index (χ3n) is 2.98. The molecule has 0 aliphatic heterocycles. The van der Waals surface area contributed by atoms with Crippen LogP contribution in [0, 0.1) is 0 Å². The van der Waals surface area contributed by atoms with E-state index in [9.17, 15) is 9.90 Å². The number of halogens is 2. The Morgan fingerprint density at radius 3 is 2.63 bits per heavy atom. The van der Waals surface area contributed by atoms with Crippen LogP contribution >= 0.6 is 34.5 Å². The predicted molar refractivity (Wildman–Crippen MR) is 76.5 cm³/mol. The lowest BCUT2D eigenvalue weighted by molar-refractivity contribution is 0.0700. The smallest absolute Gasteiger partial charge is 0.347 e. The SMILES string of the molecule is O=C(O)c1sc(-c2ccc(Cl)c(Cl)c2)nc1C1CC1. The molecule has 1 aromatic carbocycles. The van der Waals surface area contributed by atoms with E-state index in [-0.39, 0.29) is 0 Å². The van der Waals surface area contributed by atoms with E-state index in [4.69, 9.17) is 23.2 Å². The lowest BCUT2D eigenvalue weighted by atomic mass is 10.2. The van der Waals surface area contributed by atoms with Crippen molar-refractivity contribution < 1.29 is 9.90 Å². The van der Waals surface area contributed by atoms with Gasteiger partial charge < -0.3 is 5.11 Å². The Morgan fingerprint density at radius 2 is 2.05 bits per heavy atom. The van der Waals surface area contributed by atoms with E-state index in [1.165, 1.54) is 11.3 Å². The molecular weight excluding hydrogens is 305 g/mol.